The minimum atomic E-state index is -2.37. The summed E-state index contributed by atoms with van der Waals surface area (Å²) in [5.41, 5.74) is -3.54. The number of aliphatic hydroxyl groups is 5. The molecule has 8 N–H and O–H groups in total. The van der Waals surface area contributed by atoms with Gasteiger partial charge in [-0.15, -0.1) is 0 Å². The first-order chi connectivity index (χ1) is 31.9. The highest BCUT2D eigenvalue weighted by atomic mass is 16.7. The number of fused-ring (bicyclic) bond motifs is 4. The summed E-state index contributed by atoms with van der Waals surface area (Å²) in [6.07, 6.45) is -16.7. The van der Waals surface area contributed by atoms with Crippen molar-refractivity contribution in [3.8, 4) is 17.2 Å². The van der Waals surface area contributed by atoms with Crippen molar-refractivity contribution in [1.82, 2.24) is 4.90 Å². The molecular weight excluding hydrogens is 892 g/mol. The van der Waals surface area contributed by atoms with Gasteiger partial charge in [0.25, 0.3) is 0 Å². The summed E-state index contributed by atoms with van der Waals surface area (Å²) in [7, 11) is 2.30. The van der Waals surface area contributed by atoms with E-state index in [0.717, 1.165) is 7.11 Å². The first-order valence-corrected chi connectivity index (χ1v) is 20.8. The number of benzene rings is 3. The molecule has 0 radical (unpaired) electrons. The molecule has 3 heterocycles. The molecule has 3 aliphatic heterocycles. The maximum atomic E-state index is 14.0. The van der Waals surface area contributed by atoms with E-state index in [2.05, 4.69) is 10.1 Å². The Bertz CT molecular complexity index is 2500. The van der Waals surface area contributed by atoms with Gasteiger partial charge in [-0.3, -0.25) is 24.6 Å². The van der Waals surface area contributed by atoms with Crippen molar-refractivity contribution in [1.29, 1.82) is 0 Å². The number of rotatable bonds is 10. The Balaban J connectivity index is 0.948. The molecule has 358 valence electrons. The predicted octanol–water partition coefficient (Wildman–Crippen LogP) is 0.206. The van der Waals surface area contributed by atoms with Crippen LogP contribution in [0.15, 0.2) is 42.5 Å². The zero-order valence-electron chi connectivity index (χ0n) is 35.9. The number of ketones is 3. The zero-order chi connectivity index (χ0) is 48.2. The number of carbonyl (C=O) groups excluding carboxylic acids is 6. The van der Waals surface area contributed by atoms with Gasteiger partial charge < -0.3 is 73.6 Å². The molecule has 3 aromatic carbocycles. The van der Waals surface area contributed by atoms with Crippen LogP contribution in [0.3, 0.4) is 0 Å². The second-order valence-electron chi connectivity index (χ2n) is 16.5. The highest BCUT2D eigenvalue weighted by Gasteiger charge is 2.53. The Morgan fingerprint density at radius 2 is 1.63 bits per heavy atom. The van der Waals surface area contributed by atoms with E-state index in [-0.39, 0.29) is 53.4 Å². The third kappa shape index (κ3) is 8.42. The molecule has 0 aromatic heterocycles. The zero-order valence-corrected chi connectivity index (χ0v) is 35.9. The van der Waals surface area contributed by atoms with Crippen LogP contribution in [0.4, 0.5) is 15.3 Å². The number of amides is 2. The molecule has 67 heavy (non-hydrogen) atoms. The van der Waals surface area contributed by atoms with Gasteiger partial charge in [0.1, 0.15) is 67.2 Å². The molecule has 0 bridgehead atoms. The first kappa shape index (κ1) is 47.2. The number of carbonyl (C=O) groups is 6. The summed E-state index contributed by atoms with van der Waals surface area (Å²) in [6.45, 7) is 0.0872. The van der Waals surface area contributed by atoms with Crippen LogP contribution in [0.25, 0.3) is 0 Å². The standard InChI is InChI=1S/C44H46N2O21/c1-17-38-22(46(16-63-38)43(58)62-15-18-7-9-19(10-8-18)45-42(57)67-41-37(55)35(53)36(54)39(66-41)40(56)61-3)11-26(64-17)65-24-13-44(59,25(48)14-47)12-21-28(24)34(52)30-29(32(21)50)31(49)20-5-4-6-23(60-2)27(20)33(30)51/h4-10,17,22,24,26,35-39,41,47,50,52-55,59H,11-16H2,1-3H3,(H,45,57). The Morgan fingerprint density at radius 1 is 0.910 bits per heavy atom. The Morgan fingerprint density at radius 3 is 2.31 bits per heavy atom. The minimum Gasteiger partial charge on any atom is -0.507 e. The summed E-state index contributed by atoms with van der Waals surface area (Å²) in [5, 5.41) is 77.8. The summed E-state index contributed by atoms with van der Waals surface area (Å²) in [6, 6.07) is 9.44. The fourth-order valence-electron chi connectivity index (χ4n) is 9.10. The lowest BCUT2D eigenvalue weighted by molar-refractivity contribution is -0.278. The van der Waals surface area contributed by atoms with Crippen LogP contribution < -0.4 is 10.1 Å². The lowest BCUT2D eigenvalue weighted by atomic mass is 9.72. The molecule has 3 saturated heterocycles. The molecule has 0 spiro atoms. The van der Waals surface area contributed by atoms with Crippen molar-refractivity contribution < 1.29 is 102 Å². The third-order valence-electron chi connectivity index (χ3n) is 12.5. The molecule has 11 unspecified atom stereocenters. The quantitative estimate of drug-likeness (QED) is 0.0598. The number of phenolic OH excluding ortho intramolecular Hbond substituents is 2. The van der Waals surface area contributed by atoms with Crippen molar-refractivity contribution in [2.24, 2.45) is 0 Å². The van der Waals surface area contributed by atoms with Crippen LogP contribution in [-0.4, -0.2) is 165 Å². The van der Waals surface area contributed by atoms with Gasteiger partial charge in [-0.1, -0.05) is 24.3 Å². The van der Waals surface area contributed by atoms with Crippen LogP contribution in [0.1, 0.15) is 74.4 Å². The van der Waals surface area contributed by atoms with E-state index < -0.39 is 145 Å². The monoisotopic (exact) mass is 938 g/mol. The van der Waals surface area contributed by atoms with Crippen LogP contribution in [0.2, 0.25) is 0 Å². The van der Waals surface area contributed by atoms with Crippen molar-refractivity contribution in [3.63, 3.8) is 0 Å². The number of esters is 1. The highest BCUT2D eigenvalue weighted by Crippen LogP contribution is 2.53. The molecule has 11 atom stereocenters. The van der Waals surface area contributed by atoms with Crippen molar-refractivity contribution >= 4 is 41.2 Å². The molecule has 2 amide bonds. The first-order valence-electron chi connectivity index (χ1n) is 20.8. The lowest BCUT2D eigenvalue weighted by Crippen LogP contribution is -2.61. The Hall–Kier alpha value is -6.28. The second kappa shape index (κ2) is 18.4. The molecule has 8 rings (SSSR count). The smallest absolute Gasteiger partial charge is 0.414 e. The minimum absolute atomic E-state index is 0.0407. The van der Waals surface area contributed by atoms with Crippen molar-refractivity contribution in [3.05, 3.63) is 81.4 Å². The van der Waals surface area contributed by atoms with Crippen molar-refractivity contribution in [2.75, 3.05) is 32.9 Å². The average molecular weight is 939 g/mol. The van der Waals surface area contributed by atoms with Crippen LogP contribution in [-0.2, 0) is 55.8 Å². The fourth-order valence-corrected chi connectivity index (χ4v) is 9.10. The molecule has 0 saturated carbocycles. The van der Waals surface area contributed by atoms with Gasteiger partial charge in [0, 0.05) is 41.6 Å². The van der Waals surface area contributed by atoms with Gasteiger partial charge >= 0.3 is 18.2 Å². The van der Waals surface area contributed by atoms with E-state index >= 15 is 0 Å². The third-order valence-corrected chi connectivity index (χ3v) is 12.5. The molecule has 23 heteroatoms. The number of anilines is 1. The Labute approximate surface area is 379 Å². The van der Waals surface area contributed by atoms with Crippen molar-refractivity contribution in [2.45, 2.75) is 99.7 Å². The van der Waals surface area contributed by atoms with Crippen LogP contribution >= 0.6 is 0 Å². The molecule has 5 aliphatic rings. The molecular formula is C44H46N2O21. The summed E-state index contributed by atoms with van der Waals surface area (Å²) < 4.78 is 44.0. The van der Waals surface area contributed by atoms with Gasteiger partial charge in [-0.05, 0) is 30.7 Å². The van der Waals surface area contributed by atoms with E-state index in [1.54, 1.807) is 6.92 Å². The van der Waals surface area contributed by atoms with E-state index in [9.17, 15) is 64.5 Å². The average Bonchev–Trinajstić information content (AvgIpc) is 3.75. The normalized spacial score (nSPS) is 29.7. The molecule has 3 aromatic rings. The van der Waals surface area contributed by atoms with E-state index in [0.29, 0.717) is 5.56 Å². The van der Waals surface area contributed by atoms with Crippen LogP contribution in [0.5, 0.6) is 17.2 Å². The van der Waals surface area contributed by atoms with Gasteiger partial charge in [0.2, 0.25) is 12.1 Å². The van der Waals surface area contributed by atoms with Gasteiger partial charge in [0.05, 0.1) is 49.2 Å². The number of aromatic hydroxyl groups is 2. The maximum Gasteiger partial charge on any atom is 0.414 e. The number of hydrogen-bond acceptors (Lipinski definition) is 21. The number of phenols is 2. The van der Waals surface area contributed by atoms with Crippen LogP contribution in [0, 0.1) is 0 Å². The molecule has 2 aliphatic carbocycles. The van der Waals surface area contributed by atoms with E-state index in [1.165, 1.54) is 54.5 Å². The SMILES string of the molecule is COC(=O)C1OC(OC(=O)Nc2ccc(COC(=O)N3COC4C(C)OC(OC5CC(O)(C(=O)CO)Cc6c(O)c7c(c(O)c65)C(=O)c5c(OC)cccc5C7=O)CC43)cc2)C(O)C(O)C1O. The lowest BCUT2D eigenvalue weighted by Gasteiger charge is -2.42. The fraction of sp³-hybridized carbons (Fsp3) is 0.455. The Kier molecular flexibility index (Phi) is 13.0. The number of Topliss-reactive ketones (excluding diaryl/α,β-unsaturated/α-hetero) is 1. The number of aliphatic hydroxyl groups excluding tert-OH is 4. The number of nitrogens with one attached hydrogen (secondary N) is 1. The number of nitrogens with zero attached hydrogens (tertiary/aromatic N) is 1. The summed E-state index contributed by atoms with van der Waals surface area (Å²) >= 11 is 0. The number of hydrogen-bond donors (Lipinski definition) is 8. The maximum absolute atomic E-state index is 14.0. The number of methoxy groups -OCH3 is 2. The second-order valence-corrected chi connectivity index (χ2v) is 16.5. The van der Waals surface area contributed by atoms with Gasteiger partial charge in [0.15, 0.2) is 24.0 Å². The summed E-state index contributed by atoms with van der Waals surface area (Å²) in [4.78, 5) is 80.3. The number of ether oxygens (including phenoxy) is 8. The molecule has 23 nitrogen and oxygen atoms in total. The van der Waals surface area contributed by atoms with E-state index in [1.807, 2.05) is 0 Å². The topological polar surface area (TPSA) is 333 Å². The van der Waals surface area contributed by atoms with E-state index in [4.69, 9.17) is 33.2 Å². The van der Waals surface area contributed by atoms with Gasteiger partial charge in [-0.25, -0.2) is 14.4 Å². The highest BCUT2D eigenvalue weighted by molar-refractivity contribution is 6.31. The molecule has 3 fully saturated rings. The summed E-state index contributed by atoms with van der Waals surface area (Å²) in [5.74, 6) is -5.26. The largest absolute Gasteiger partial charge is 0.507 e. The van der Waals surface area contributed by atoms with Gasteiger partial charge in [-0.2, -0.15) is 0 Å². The predicted molar refractivity (Wildman–Crippen MR) is 219 cm³/mol.